The summed E-state index contributed by atoms with van der Waals surface area (Å²) in [6, 6.07) is 6.13. The highest BCUT2D eigenvalue weighted by molar-refractivity contribution is 9.10. The maximum absolute atomic E-state index is 5.80. The van der Waals surface area contributed by atoms with E-state index in [0.717, 1.165) is 29.2 Å². The van der Waals surface area contributed by atoms with Crippen LogP contribution < -0.4 is 10.6 Å². The molecular formula is C13H18BrNO2. The largest absolute Gasteiger partial charge is 0.492 e. The van der Waals surface area contributed by atoms with Gasteiger partial charge in [-0.15, -0.1) is 0 Å². The molecule has 0 spiro atoms. The third-order valence-corrected chi connectivity index (χ3v) is 3.82. The van der Waals surface area contributed by atoms with Gasteiger partial charge in [-0.2, -0.15) is 0 Å². The van der Waals surface area contributed by atoms with E-state index >= 15 is 0 Å². The van der Waals surface area contributed by atoms with Crippen molar-refractivity contribution in [3.05, 3.63) is 28.2 Å². The van der Waals surface area contributed by atoms with Gasteiger partial charge in [0.1, 0.15) is 5.75 Å². The molecule has 0 amide bonds. The van der Waals surface area contributed by atoms with E-state index in [1.54, 1.807) is 0 Å². The van der Waals surface area contributed by atoms with Crippen LogP contribution in [0.3, 0.4) is 0 Å². The molecule has 1 fully saturated rings. The van der Waals surface area contributed by atoms with Gasteiger partial charge in [-0.1, -0.05) is 12.5 Å². The molecule has 2 N–H and O–H groups in total. The average molecular weight is 300 g/mol. The number of ether oxygens (including phenoxy) is 1. The van der Waals surface area contributed by atoms with Crippen molar-refractivity contribution in [2.75, 3.05) is 13.2 Å². The fourth-order valence-corrected chi connectivity index (χ4v) is 2.40. The van der Waals surface area contributed by atoms with E-state index in [0.29, 0.717) is 6.61 Å². The van der Waals surface area contributed by atoms with Crippen LogP contribution in [-0.2, 0) is 11.3 Å². The fraction of sp³-hybridized carbons (Fsp3) is 0.538. The highest BCUT2D eigenvalue weighted by Crippen LogP contribution is 2.30. The molecule has 17 heavy (non-hydrogen) atoms. The second-order valence-corrected chi connectivity index (χ2v) is 5.35. The van der Waals surface area contributed by atoms with Gasteiger partial charge in [0, 0.05) is 0 Å². The Labute approximate surface area is 110 Å². The van der Waals surface area contributed by atoms with Crippen molar-refractivity contribution in [2.45, 2.75) is 25.7 Å². The summed E-state index contributed by atoms with van der Waals surface area (Å²) in [5, 5.41) is 0. The van der Waals surface area contributed by atoms with Crippen molar-refractivity contribution in [3.63, 3.8) is 0 Å². The van der Waals surface area contributed by atoms with E-state index in [9.17, 15) is 0 Å². The van der Waals surface area contributed by atoms with Gasteiger partial charge >= 0.3 is 0 Å². The summed E-state index contributed by atoms with van der Waals surface area (Å²) in [4.78, 5) is 4.57. The van der Waals surface area contributed by atoms with Crippen LogP contribution in [0.4, 0.5) is 0 Å². The predicted molar refractivity (Wildman–Crippen MR) is 70.8 cm³/mol. The van der Waals surface area contributed by atoms with Gasteiger partial charge in [0.2, 0.25) is 0 Å². The number of halogens is 1. The number of benzene rings is 1. The molecule has 1 saturated carbocycles. The molecule has 0 aromatic heterocycles. The standard InChI is InChI=1S/C13H18BrNO2/c14-12-8-10(6-7-17-15)4-5-13(12)16-9-11-2-1-3-11/h4-5,8,11H,1-3,6-7,9,15H2. The first-order valence-electron chi connectivity index (χ1n) is 6.02. The van der Waals surface area contributed by atoms with Gasteiger partial charge in [-0.3, -0.25) is 0 Å². The first-order valence-corrected chi connectivity index (χ1v) is 6.82. The third kappa shape index (κ3) is 3.69. The summed E-state index contributed by atoms with van der Waals surface area (Å²) in [6.45, 7) is 1.37. The van der Waals surface area contributed by atoms with Crippen molar-refractivity contribution in [2.24, 2.45) is 11.8 Å². The Morgan fingerprint density at radius 2 is 2.18 bits per heavy atom. The molecule has 94 valence electrons. The van der Waals surface area contributed by atoms with Crippen molar-refractivity contribution in [3.8, 4) is 5.75 Å². The van der Waals surface area contributed by atoms with Gasteiger partial charge in [0.15, 0.2) is 0 Å². The Morgan fingerprint density at radius 1 is 1.35 bits per heavy atom. The molecule has 2 rings (SSSR count). The molecule has 3 nitrogen and oxygen atoms in total. The summed E-state index contributed by atoms with van der Waals surface area (Å²) in [5.41, 5.74) is 1.19. The monoisotopic (exact) mass is 299 g/mol. The smallest absolute Gasteiger partial charge is 0.133 e. The zero-order valence-corrected chi connectivity index (χ0v) is 11.4. The zero-order valence-electron chi connectivity index (χ0n) is 9.82. The molecule has 0 aliphatic heterocycles. The van der Waals surface area contributed by atoms with Crippen LogP contribution in [0.5, 0.6) is 5.75 Å². The van der Waals surface area contributed by atoms with E-state index in [1.807, 2.05) is 6.07 Å². The summed E-state index contributed by atoms with van der Waals surface area (Å²) < 4.78 is 6.80. The van der Waals surface area contributed by atoms with Crippen molar-refractivity contribution < 1.29 is 9.57 Å². The lowest BCUT2D eigenvalue weighted by molar-refractivity contribution is 0.141. The third-order valence-electron chi connectivity index (χ3n) is 3.20. The van der Waals surface area contributed by atoms with Gasteiger partial charge in [-0.05, 0) is 58.8 Å². The van der Waals surface area contributed by atoms with Crippen LogP contribution in [0.2, 0.25) is 0 Å². The number of rotatable bonds is 6. The average Bonchev–Trinajstić information content (AvgIpc) is 2.27. The molecule has 1 aromatic rings. The minimum absolute atomic E-state index is 0.536. The molecule has 0 unspecified atom stereocenters. The molecule has 0 radical (unpaired) electrons. The minimum Gasteiger partial charge on any atom is -0.492 e. The topological polar surface area (TPSA) is 44.5 Å². The van der Waals surface area contributed by atoms with Crippen LogP contribution in [0, 0.1) is 5.92 Å². The van der Waals surface area contributed by atoms with E-state index < -0.39 is 0 Å². The van der Waals surface area contributed by atoms with E-state index in [1.165, 1.54) is 24.8 Å². The lowest BCUT2D eigenvalue weighted by Gasteiger charge is -2.25. The Morgan fingerprint density at radius 3 is 2.76 bits per heavy atom. The first-order chi connectivity index (χ1) is 8.29. The van der Waals surface area contributed by atoms with E-state index in [4.69, 9.17) is 10.6 Å². The lowest BCUT2D eigenvalue weighted by Crippen LogP contribution is -2.19. The molecule has 4 heteroatoms. The summed E-state index contributed by atoms with van der Waals surface area (Å²) in [7, 11) is 0. The molecule has 1 aromatic carbocycles. The molecule has 0 atom stereocenters. The lowest BCUT2D eigenvalue weighted by atomic mass is 9.86. The Kier molecular flexibility index (Phi) is 4.83. The van der Waals surface area contributed by atoms with Gasteiger partial charge in [0.25, 0.3) is 0 Å². The Balaban J connectivity index is 1.88. The second kappa shape index (κ2) is 6.38. The first kappa shape index (κ1) is 12.9. The molecule has 0 heterocycles. The van der Waals surface area contributed by atoms with E-state index in [2.05, 4.69) is 32.9 Å². The van der Waals surface area contributed by atoms with Crippen LogP contribution in [0.25, 0.3) is 0 Å². The molecule has 1 aliphatic carbocycles. The number of hydrogen-bond donors (Lipinski definition) is 1. The normalized spacial score (nSPS) is 15.6. The molecular weight excluding hydrogens is 282 g/mol. The second-order valence-electron chi connectivity index (χ2n) is 4.49. The highest BCUT2D eigenvalue weighted by Gasteiger charge is 2.18. The van der Waals surface area contributed by atoms with Gasteiger partial charge in [-0.25, -0.2) is 5.90 Å². The summed E-state index contributed by atoms with van der Waals surface area (Å²) >= 11 is 3.53. The Hall–Kier alpha value is -0.580. The highest BCUT2D eigenvalue weighted by atomic mass is 79.9. The van der Waals surface area contributed by atoms with Crippen molar-refractivity contribution >= 4 is 15.9 Å². The van der Waals surface area contributed by atoms with Crippen LogP contribution in [0.15, 0.2) is 22.7 Å². The molecule has 0 saturated heterocycles. The van der Waals surface area contributed by atoms with Crippen LogP contribution in [-0.4, -0.2) is 13.2 Å². The SMILES string of the molecule is NOCCc1ccc(OCC2CCC2)c(Br)c1. The zero-order chi connectivity index (χ0) is 12.1. The minimum atomic E-state index is 0.536. The van der Waals surface area contributed by atoms with Gasteiger partial charge < -0.3 is 9.57 Å². The van der Waals surface area contributed by atoms with Crippen LogP contribution >= 0.6 is 15.9 Å². The fourth-order valence-electron chi connectivity index (χ4n) is 1.86. The van der Waals surface area contributed by atoms with Gasteiger partial charge in [0.05, 0.1) is 17.7 Å². The van der Waals surface area contributed by atoms with E-state index in [-0.39, 0.29) is 0 Å². The maximum Gasteiger partial charge on any atom is 0.133 e. The predicted octanol–water partition coefficient (Wildman–Crippen LogP) is 3.06. The quantitative estimate of drug-likeness (QED) is 0.821. The van der Waals surface area contributed by atoms with Crippen molar-refractivity contribution in [1.29, 1.82) is 0 Å². The molecule has 0 bridgehead atoms. The summed E-state index contributed by atoms with van der Waals surface area (Å²) in [6.07, 6.45) is 4.79. The summed E-state index contributed by atoms with van der Waals surface area (Å²) in [5.74, 6) is 6.69. The maximum atomic E-state index is 5.80. The number of hydrogen-bond acceptors (Lipinski definition) is 3. The van der Waals surface area contributed by atoms with Crippen LogP contribution in [0.1, 0.15) is 24.8 Å². The van der Waals surface area contributed by atoms with Crippen molar-refractivity contribution in [1.82, 2.24) is 0 Å². The molecule has 1 aliphatic rings. The number of nitrogens with two attached hydrogens (primary N) is 1. The Bertz CT molecular complexity index is 366.